The molecule has 1 heterocycles. The highest BCUT2D eigenvalue weighted by molar-refractivity contribution is 6.31. The van der Waals surface area contributed by atoms with Gasteiger partial charge in [0.15, 0.2) is 0 Å². The maximum Gasteiger partial charge on any atom is 0.252 e. The second kappa shape index (κ2) is 7.64. The highest BCUT2D eigenvalue weighted by atomic mass is 35.5. The summed E-state index contributed by atoms with van der Waals surface area (Å²) >= 11 is 6.33. The predicted molar refractivity (Wildman–Crippen MR) is 102 cm³/mol. The van der Waals surface area contributed by atoms with Gasteiger partial charge < -0.3 is 10.2 Å². The third kappa shape index (κ3) is 3.81. The fourth-order valence-electron chi connectivity index (χ4n) is 2.89. The molecule has 3 aromatic rings. The number of amides is 1. The zero-order valence-electron chi connectivity index (χ0n) is 14.2. The van der Waals surface area contributed by atoms with Crippen molar-refractivity contribution in [3.8, 4) is 0 Å². The molecule has 4 nitrogen and oxygen atoms in total. The summed E-state index contributed by atoms with van der Waals surface area (Å²) in [6.07, 6.45) is 1.66. The van der Waals surface area contributed by atoms with E-state index >= 15 is 0 Å². The Bertz CT molecular complexity index is 890. The Balaban J connectivity index is 1.81. The normalized spacial score (nSPS) is 12.3. The second-order valence-electron chi connectivity index (χ2n) is 6.09. The minimum Gasteiger partial charge on any atom is -0.350 e. The number of benzene rings is 2. The van der Waals surface area contributed by atoms with E-state index in [2.05, 4.69) is 10.3 Å². The standard InChI is InChI=1S/C20H20ClN3O/c1-24(2)19(16-8-3-5-9-17(16)21)13-23-20(25)15-11-12-22-18-10-6-4-7-14(15)18/h3-12,19H,13H2,1-2H3,(H,23,25). The average molecular weight is 354 g/mol. The Morgan fingerprint density at radius 3 is 2.60 bits per heavy atom. The number of carbonyl (C=O) groups is 1. The van der Waals surface area contributed by atoms with Gasteiger partial charge in [0.2, 0.25) is 0 Å². The average Bonchev–Trinajstić information content (AvgIpc) is 2.62. The number of hydrogen-bond acceptors (Lipinski definition) is 3. The molecule has 0 aliphatic heterocycles. The SMILES string of the molecule is CN(C)C(CNC(=O)c1ccnc2ccccc12)c1ccccc1Cl. The maximum absolute atomic E-state index is 12.7. The van der Waals surface area contributed by atoms with Gasteiger partial charge in [-0.25, -0.2) is 0 Å². The van der Waals surface area contributed by atoms with Crippen LogP contribution in [0.3, 0.4) is 0 Å². The van der Waals surface area contributed by atoms with Crippen molar-refractivity contribution in [1.29, 1.82) is 0 Å². The maximum atomic E-state index is 12.7. The molecule has 5 heteroatoms. The van der Waals surface area contributed by atoms with Gasteiger partial charge in [0.1, 0.15) is 0 Å². The van der Waals surface area contributed by atoms with E-state index in [9.17, 15) is 4.79 Å². The van der Waals surface area contributed by atoms with E-state index in [1.165, 1.54) is 0 Å². The third-order valence-corrected chi connectivity index (χ3v) is 4.58. The molecule has 1 N–H and O–H groups in total. The number of fused-ring (bicyclic) bond motifs is 1. The van der Waals surface area contributed by atoms with Gasteiger partial charge in [-0.2, -0.15) is 0 Å². The Morgan fingerprint density at radius 2 is 1.84 bits per heavy atom. The van der Waals surface area contributed by atoms with Crippen LogP contribution < -0.4 is 5.32 Å². The summed E-state index contributed by atoms with van der Waals surface area (Å²) in [7, 11) is 3.95. The zero-order chi connectivity index (χ0) is 17.8. The largest absolute Gasteiger partial charge is 0.350 e. The summed E-state index contributed by atoms with van der Waals surface area (Å²) in [5.41, 5.74) is 2.43. The molecule has 0 spiro atoms. The number of nitrogens with zero attached hydrogens (tertiary/aromatic N) is 2. The van der Waals surface area contributed by atoms with Crippen molar-refractivity contribution in [3.05, 3.63) is 76.9 Å². The first kappa shape index (κ1) is 17.4. The second-order valence-corrected chi connectivity index (χ2v) is 6.49. The highest BCUT2D eigenvalue weighted by Crippen LogP contribution is 2.25. The molecule has 3 rings (SSSR count). The zero-order valence-corrected chi connectivity index (χ0v) is 15.0. The highest BCUT2D eigenvalue weighted by Gasteiger charge is 2.19. The van der Waals surface area contributed by atoms with Crippen LogP contribution in [0.4, 0.5) is 0 Å². The van der Waals surface area contributed by atoms with Crippen molar-refractivity contribution in [3.63, 3.8) is 0 Å². The van der Waals surface area contributed by atoms with Gasteiger partial charge in [0.05, 0.1) is 17.1 Å². The van der Waals surface area contributed by atoms with Crippen LogP contribution in [-0.2, 0) is 0 Å². The van der Waals surface area contributed by atoms with Crippen LogP contribution in [0.2, 0.25) is 5.02 Å². The molecule has 25 heavy (non-hydrogen) atoms. The molecule has 1 aromatic heterocycles. The quantitative estimate of drug-likeness (QED) is 0.756. The van der Waals surface area contributed by atoms with E-state index in [1.807, 2.05) is 67.5 Å². The molecule has 0 saturated carbocycles. The Labute approximate surface area is 152 Å². The van der Waals surface area contributed by atoms with Crippen LogP contribution in [-0.4, -0.2) is 36.4 Å². The fraction of sp³-hybridized carbons (Fsp3) is 0.200. The van der Waals surface area contributed by atoms with Crippen LogP contribution in [0.15, 0.2) is 60.8 Å². The van der Waals surface area contributed by atoms with E-state index in [4.69, 9.17) is 11.6 Å². The van der Waals surface area contributed by atoms with Crippen LogP contribution in [0.5, 0.6) is 0 Å². The third-order valence-electron chi connectivity index (χ3n) is 4.24. The number of carbonyl (C=O) groups excluding carboxylic acids is 1. The van der Waals surface area contributed by atoms with E-state index in [0.717, 1.165) is 16.5 Å². The minimum absolute atomic E-state index is 0.00856. The molecule has 0 radical (unpaired) electrons. The molecule has 0 bridgehead atoms. The number of nitrogens with one attached hydrogen (secondary N) is 1. The lowest BCUT2D eigenvalue weighted by atomic mass is 10.0. The lowest BCUT2D eigenvalue weighted by Crippen LogP contribution is -2.34. The van der Waals surface area contributed by atoms with Gasteiger partial charge in [0, 0.05) is 23.2 Å². The molecular formula is C20H20ClN3O. The van der Waals surface area contributed by atoms with Crippen LogP contribution in [0, 0.1) is 0 Å². The smallest absolute Gasteiger partial charge is 0.252 e. The van der Waals surface area contributed by atoms with Crippen molar-refractivity contribution in [1.82, 2.24) is 15.2 Å². The van der Waals surface area contributed by atoms with Crippen LogP contribution in [0.25, 0.3) is 10.9 Å². The van der Waals surface area contributed by atoms with Crippen LogP contribution >= 0.6 is 11.6 Å². The Morgan fingerprint density at radius 1 is 1.12 bits per heavy atom. The summed E-state index contributed by atoms with van der Waals surface area (Å²) in [6.45, 7) is 0.465. The van der Waals surface area contributed by atoms with E-state index in [-0.39, 0.29) is 11.9 Å². The molecule has 1 amide bonds. The summed E-state index contributed by atoms with van der Waals surface area (Å²) < 4.78 is 0. The van der Waals surface area contributed by atoms with Gasteiger partial charge in [-0.05, 0) is 37.9 Å². The molecule has 0 fully saturated rings. The van der Waals surface area contributed by atoms with Crippen molar-refractivity contribution in [2.75, 3.05) is 20.6 Å². The molecule has 1 unspecified atom stereocenters. The Kier molecular flexibility index (Phi) is 5.31. The summed E-state index contributed by atoms with van der Waals surface area (Å²) in [5, 5.41) is 4.58. The van der Waals surface area contributed by atoms with Crippen LogP contribution in [0.1, 0.15) is 22.0 Å². The first-order valence-corrected chi connectivity index (χ1v) is 8.48. The molecule has 128 valence electrons. The van der Waals surface area contributed by atoms with Gasteiger partial charge in [0.25, 0.3) is 5.91 Å². The van der Waals surface area contributed by atoms with Gasteiger partial charge >= 0.3 is 0 Å². The number of likely N-dealkylation sites (N-methyl/N-ethyl adjacent to an activating group) is 1. The van der Waals surface area contributed by atoms with Crippen molar-refractivity contribution >= 4 is 28.4 Å². The number of rotatable bonds is 5. The number of para-hydroxylation sites is 1. The summed E-state index contributed by atoms with van der Waals surface area (Å²) in [6, 6.07) is 17.1. The van der Waals surface area contributed by atoms with Gasteiger partial charge in [-0.3, -0.25) is 9.78 Å². The molecular weight excluding hydrogens is 334 g/mol. The molecule has 1 atom stereocenters. The fourth-order valence-corrected chi connectivity index (χ4v) is 3.16. The number of hydrogen-bond donors (Lipinski definition) is 1. The molecule has 2 aromatic carbocycles. The van der Waals surface area contributed by atoms with Crippen molar-refractivity contribution in [2.45, 2.75) is 6.04 Å². The van der Waals surface area contributed by atoms with E-state index in [0.29, 0.717) is 17.1 Å². The van der Waals surface area contributed by atoms with Crippen molar-refractivity contribution < 1.29 is 4.79 Å². The predicted octanol–water partition coefficient (Wildman–Crippen LogP) is 3.92. The van der Waals surface area contributed by atoms with E-state index in [1.54, 1.807) is 12.3 Å². The number of aromatic nitrogens is 1. The molecule has 0 saturated heterocycles. The molecule has 0 aliphatic carbocycles. The lowest BCUT2D eigenvalue weighted by molar-refractivity contribution is 0.0943. The Hall–Kier alpha value is -2.43. The minimum atomic E-state index is -0.113. The lowest BCUT2D eigenvalue weighted by Gasteiger charge is -2.26. The summed E-state index contributed by atoms with van der Waals surface area (Å²) in [4.78, 5) is 19.1. The first-order valence-electron chi connectivity index (χ1n) is 8.10. The topological polar surface area (TPSA) is 45.2 Å². The molecule has 0 aliphatic rings. The van der Waals surface area contributed by atoms with Gasteiger partial charge in [-0.1, -0.05) is 48.0 Å². The van der Waals surface area contributed by atoms with Gasteiger partial charge in [-0.15, -0.1) is 0 Å². The number of halogens is 1. The van der Waals surface area contributed by atoms with Crippen molar-refractivity contribution in [2.24, 2.45) is 0 Å². The number of pyridine rings is 1. The first-order chi connectivity index (χ1) is 12.1. The summed E-state index contributed by atoms with van der Waals surface area (Å²) in [5.74, 6) is -0.113. The monoisotopic (exact) mass is 353 g/mol. The van der Waals surface area contributed by atoms with E-state index < -0.39 is 0 Å².